The number of aryl methyl sites for hydroxylation is 2. The molecule has 1 atom stereocenters. The molecule has 9 heteroatoms. The summed E-state index contributed by atoms with van der Waals surface area (Å²) in [5.74, 6) is 2.36. The minimum absolute atomic E-state index is 0.461. The van der Waals surface area contributed by atoms with Crippen molar-refractivity contribution >= 4 is 50.7 Å². The minimum Gasteiger partial charge on any atom is -0.390 e. The highest BCUT2D eigenvalue weighted by Crippen LogP contribution is 2.40. The lowest BCUT2D eigenvalue weighted by Crippen LogP contribution is -2.42. The van der Waals surface area contributed by atoms with E-state index in [4.69, 9.17) is 26.3 Å². The molecule has 1 aliphatic heterocycles. The Morgan fingerprint density at radius 1 is 1.19 bits per heavy atom. The zero-order valence-corrected chi connectivity index (χ0v) is 20.2. The van der Waals surface area contributed by atoms with Crippen LogP contribution in [0.3, 0.4) is 0 Å². The Morgan fingerprint density at radius 3 is 2.81 bits per heavy atom. The summed E-state index contributed by atoms with van der Waals surface area (Å²) in [5, 5.41) is 16.0. The molecule has 170 valence electrons. The van der Waals surface area contributed by atoms with E-state index in [2.05, 4.69) is 10.2 Å². The fourth-order valence-corrected chi connectivity index (χ4v) is 6.43. The summed E-state index contributed by atoms with van der Waals surface area (Å²) >= 11 is 9.50. The van der Waals surface area contributed by atoms with Gasteiger partial charge in [0.2, 0.25) is 0 Å². The van der Waals surface area contributed by atoms with E-state index in [1.54, 1.807) is 23.1 Å². The third-order valence-corrected chi connectivity index (χ3v) is 8.32. The summed E-state index contributed by atoms with van der Waals surface area (Å²) in [6.45, 7) is 4.34. The van der Waals surface area contributed by atoms with Crippen LogP contribution in [0.15, 0.2) is 29.2 Å². The van der Waals surface area contributed by atoms with Crippen LogP contribution in [0.25, 0.3) is 10.2 Å². The minimum atomic E-state index is -0.461. The van der Waals surface area contributed by atoms with Crippen LogP contribution in [0.1, 0.15) is 22.7 Å². The molecule has 32 heavy (non-hydrogen) atoms. The molecule has 2 aromatic heterocycles. The van der Waals surface area contributed by atoms with Crippen LogP contribution in [-0.2, 0) is 23.3 Å². The Morgan fingerprint density at radius 2 is 2.00 bits per heavy atom. The average molecular weight is 491 g/mol. The number of aromatic nitrogens is 2. The molecular weight excluding hydrogens is 464 g/mol. The quantitative estimate of drug-likeness (QED) is 0.458. The van der Waals surface area contributed by atoms with E-state index in [0.29, 0.717) is 18.8 Å². The fourth-order valence-electron chi connectivity index (χ4n) is 4.27. The Bertz CT molecular complexity index is 1070. The van der Waals surface area contributed by atoms with Crippen molar-refractivity contribution in [2.45, 2.75) is 36.0 Å². The van der Waals surface area contributed by atoms with Gasteiger partial charge in [0.15, 0.2) is 0 Å². The number of aliphatic hydroxyl groups excluding tert-OH is 1. The van der Waals surface area contributed by atoms with Crippen LogP contribution in [0, 0.1) is 0 Å². The van der Waals surface area contributed by atoms with Gasteiger partial charge in [-0.2, -0.15) is 0 Å². The maximum atomic E-state index is 10.6. The molecule has 1 saturated heterocycles. The summed E-state index contributed by atoms with van der Waals surface area (Å²) in [5.41, 5.74) is 1.40. The van der Waals surface area contributed by atoms with Gasteiger partial charge in [-0.25, -0.2) is 9.97 Å². The number of thioether (sulfide) groups is 1. The topological polar surface area (TPSA) is 70.5 Å². The molecule has 1 fully saturated rings. The molecule has 2 N–H and O–H groups in total. The maximum absolute atomic E-state index is 10.6. The van der Waals surface area contributed by atoms with Gasteiger partial charge in [-0.1, -0.05) is 11.6 Å². The van der Waals surface area contributed by atoms with Gasteiger partial charge in [0.1, 0.15) is 16.5 Å². The number of aliphatic hydroxyl groups is 1. The van der Waals surface area contributed by atoms with E-state index in [1.165, 1.54) is 16.9 Å². The molecule has 1 aromatic carbocycles. The molecule has 0 radical (unpaired) electrons. The van der Waals surface area contributed by atoms with Crippen LogP contribution in [0.2, 0.25) is 5.02 Å². The Hall–Kier alpha value is -1.42. The number of morpholine rings is 1. The lowest BCUT2D eigenvalue weighted by Gasteiger charge is -2.28. The molecule has 3 aromatic rings. The zero-order chi connectivity index (χ0) is 21.9. The van der Waals surface area contributed by atoms with Crippen molar-refractivity contribution in [3.8, 4) is 0 Å². The van der Waals surface area contributed by atoms with E-state index >= 15 is 0 Å². The maximum Gasteiger partial charge on any atom is 0.142 e. The molecule has 1 aliphatic carbocycles. The van der Waals surface area contributed by atoms with E-state index in [9.17, 15) is 5.11 Å². The van der Waals surface area contributed by atoms with E-state index in [1.807, 2.05) is 24.3 Å². The van der Waals surface area contributed by atoms with Gasteiger partial charge in [-0.05, 0) is 49.1 Å². The Balaban J connectivity index is 1.32. The summed E-state index contributed by atoms with van der Waals surface area (Å²) in [7, 11) is 0. The molecule has 0 bridgehead atoms. The second-order valence-corrected chi connectivity index (χ2v) is 10.8. The third-order valence-electron chi connectivity index (χ3n) is 5.87. The molecule has 5 rings (SSSR count). The Kier molecular flexibility index (Phi) is 7.16. The summed E-state index contributed by atoms with van der Waals surface area (Å²) < 4.78 is 5.40. The number of anilines is 1. The summed E-state index contributed by atoms with van der Waals surface area (Å²) in [6, 6.07) is 7.85. The van der Waals surface area contributed by atoms with E-state index < -0.39 is 6.10 Å². The number of nitrogens with zero attached hydrogens (tertiary/aromatic N) is 3. The van der Waals surface area contributed by atoms with Crippen molar-refractivity contribution in [2.24, 2.45) is 0 Å². The van der Waals surface area contributed by atoms with Crippen LogP contribution in [0.4, 0.5) is 5.82 Å². The molecular formula is C23H27ClN4O2S2. The number of halogens is 1. The highest BCUT2D eigenvalue weighted by Gasteiger charge is 2.23. The lowest BCUT2D eigenvalue weighted by atomic mass is 10.2. The predicted molar refractivity (Wildman–Crippen MR) is 132 cm³/mol. The van der Waals surface area contributed by atoms with Crippen molar-refractivity contribution in [1.82, 2.24) is 14.9 Å². The van der Waals surface area contributed by atoms with Gasteiger partial charge in [0, 0.05) is 41.0 Å². The Labute approximate surface area is 201 Å². The van der Waals surface area contributed by atoms with Crippen molar-refractivity contribution in [3.63, 3.8) is 0 Å². The highest BCUT2D eigenvalue weighted by atomic mass is 35.5. The average Bonchev–Trinajstić information content (AvgIpc) is 3.39. The molecule has 0 spiro atoms. The number of rotatable bonds is 8. The van der Waals surface area contributed by atoms with Crippen LogP contribution < -0.4 is 5.32 Å². The van der Waals surface area contributed by atoms with Gasteiger partial charge in [-0.15, -0.1) is 23.1 Å². The first-order valence-corrected chi connectivity index (χ1v) is 13.3. The highest BCUT2D eigenvalue weighted by molar-refractivity contribution is 7.98. The first-order valence-electron chi connectivity index (χ1n) is 11.1. The molecule has 2 aliphatic rings. The lowest BCUT2D eigenvalue weighted by molar-refractivity contribution is 0.0171. The molecule has 3 heterocycles. The first-order chi connectivity index (χ1) is 15.7. The van der Waals surface area contributed by atoms with Crippen molar-refractivity contribution in [2.75, 3.05) is 44.7 Å². The molecule has 6 nitrogen and oxygen atoms in total. The van der Waals surface area contributed by atoms with Gasteiger partial charge in [0.05, 0.1) is 30.5 Å². The van der Waals surface area contributed by atoms with Gasteiger partial charge in [0.25, 0.3) is 0 Å². The number of nitrogens with one attached hydrogen (secondary N) is 1. The van der Waals surface area contributed by atoms with E-state index in [0.717, 1.165) is 70.9 Å². The number of benzene rings is 1. The number of hydrogen-bond donors (Lipinski definition) is 2. The van der Waals surface area contributed by atoms with Gasteiger partial charge >= 0.3 is 0 Å². The van der Waals surface area contributed by atoms with Crippen LogP contribution >= 0.6 is 34.7 Å². The van der Waals surface area contributed by atoms with Gasteiger partial charge in [-0.3, -0.25) is 4.90 Å². The van der Waals surface area contributed by atoms with E-state index in [-0.39, 0.29) is 0 Å². The second-order valence-electron chi connectivity index (χ2n) is 8.22. The zero-order valence-electron chi connectivity index (χ0n) is 17.8. The molecule has 0 amide bonds. The largest absolute Gasteiger partial charge is 0.390 e. The van der Waals surface area contributed by atoms with Crippen LogP contribution in [0.5, 0.6) is 0 Å². The van der Waals surface area contributed by atoms with Crippen LogP contribution in [-0.4, -0.2) is 65.5 Å². The summed E-state index contributed by atoms with van der Waals surface area (Å²) in [6.07, 6.45) is 2.95. The van der Waals surface area contributed by atoms with Gasteiger partial charge < -0.3 is 15.2 Å². The SMILES string of the molecule is O[C@H](CNc1nc(CSc2ccc(Cl)cc2)nc2sc3c(c12)CCC3)CN1CCOCC1. The number of fused-ring (bicyclic) bond motifs is 3. The third kappa shape index (κ3) is 5.21. The van der Waals surface area contributed by atoms with Crippen molar-refractivity contribution < 1.29 is 9.84 Å². The second kappa shape index (κ2) is 10.2. The number of hydrogen-bond acceptors (Lipinski definition) is 8. The van der Waals surface area contributed by atoms with Crippen molar-refractivity contribution in [1.29, 1.82) is 0 Å². The summed E-state index contributed by atoms with van der Waals surface area (Å²) in [4.78, 5) is 15.7. The molecule has 0 saturated carbocycles. The fraction of sp³-hybridized carbons (Fsp3) is 0.478. The number of thiophene rings is 1. The molecule has 0 unspecified atom stereocenters. The normalized spacial score (nSPS) is 17.6. The predicted octanol–water partition coefficient (Wildman–Crippen LogP) is 4.23. The number of β-amino-alcohol motifs (C(OH)–C–C–N with tert-alkyl or cyclic N) is 1. The standard InChI is InChI=1S/C23H27ClN4O2S2/c24-15-4-6-17(7-5-15)31-14-20-26-22(21-18-2-1-3-19(18)32-23(21)27-20)25-12-16(29)13-28-8-10-30-11-9-28/h4-7,16,29H,1-3,8-14H2,(H,25,26,27)/t16-/m1/s1. The number of ether oxygens (including phenoxy) is 1. The smallest absolute Gasteiger partial charge is 0.142 e. The monoisotopic (exact) mass is 490 g/mol. The first kappa shape index (κ1) is 22.4. The van der Waals surface area contributed by atoms with Crippen molar-refractivity contribution in [3.05, 3.63) is 45.6 Å².